The maximum atomic E-state index is 2.51. The molecule has 8 aromatic carbocycles. The zero-order chi connectivity index (χ0) is 41.9. The molecule has 0 heterocycles. The normalized spacial score (nSPS) is 14.1. The highest BCUT2D eigenvalue weighted by Crippen LogP contribution is 2.58. The summed E-state index contributed by atoms with van der Waals surface area (Å²) >= 11 is 0. The van der Waals surface area contributed by atoms with Crippen LogP contribution in [-0.2, 0) is 10.8 Å². The second-order valence-electron chi connectivity index (χ2n) is 17.2. The molecule has 1 nitrogen and oxygen atoms in total. The molecule has 0 fully saturated rings. The van der Waals surface area contributed by atoms with E-state index in [1.54, 1.807) is 0 Å². The molecule has 0 amide bonds. The first-order chi connectivity index (χ1) is 29.8. The first-order valence-corrected chi connectivity index (χ1v) is 22.1. The predicted molar refractivity (Wildman–Crippen MR) is 260 cm³/mol. The van der Waals surface area contributed by atoms with Gasteiger partial charge in [0.25, 0.3) is 0 Å². The van der Waals surface area contributed by atoms with Gasteiger partial charge < -0.3 is 4.90 Å². The van der Waals surface area contributed by atoms with Gasteiger partial charge in [-0.1, -0.05) is 178 Å². The van der Waals surface area contributed by atoms with Crippen molar-refractivity contribution in [2.45, 2.75) is 65.2 Å². The Bertz CT molecular complexity index is 2900. The van der Waals surface area contributed by atoms with Gasteiger partial charge in [0, 0.05) is 16.8 Å². The maximum Gasteiger partial charge on any atom is 0.0713 e. The van der Waals surface area contributed by atoms with E-state index in [1.807, 2.05) is 0 Å². The van der Waals surface area contributed by atoms with Crippen molar-refractivity contribution < 1.29 is 0 Å². The third-order valence-electron chi connectivity index (χ3n) is 14.4. The second kappa shape index (κ2) is 15.1. The van der Waals surface area contributed by atoms with E-state index in [1.165, 1.54) is 106 Å². The van der Waals surface area contributed by atoms with Crippen LogP contribution >= 0.6 is 0 Å². The zero-order valence-electron chi connectivity index (χ0n) is 36.3. The third kappa shape index (κ3) is 5.82. The number of aryl methyl sites for hydroxylation is 2. The molecule has 0 unspecified atom stereocenters. The maximum absolute atomic E-state index is 2.51. The minimum absolute atomic E-state index is 0.0998. The molecule has 0 saturated carbocycles. The standard InChI is InChI=1S/C60H53N/c1-7-59(8-2)55-38-44(32-35-50(55)51-36-34-49(39-56(51)59)61(48-26-16-11-17-27-48)58-42(5)40(3)37-41(4)43(58)6)31-33-45-21-20-30-54-57(45)52-28-18-19-29-53(52)60(54,46-22-12-9-13-23-46)47-24-14-10-15-25-47/h9-39H,7-8H2,1-6H3/b33-31+. The van der Waals surface area contributed by atoms with E-state index in [2.05, 4.69) is 235 Å². The number of fused-ring (bicyclic) bond motifs is 6. The van der Waals surface area contributed by atoms with Crippen molar-refractivity contribution in [2.75, 3.05) is 4.90 Å². The van der Waals surface area contributed by atoms with Gasteiger partial charge in [0.1, 0.15) is 0 Å². The molecular formula is C60H53N. The molecule has 0 atom stereocenters. The van der Waals surface area contributed by atoms with Crippen LogP contribution in [0, 0.1) is 27.7 Å². The van der Waals surface area contributed by atoms with Gasteiger partial charge in [-0.25, -0.2) is 0 Å². The molecule has 0 saturated heterocycles. The quantitative estimate of drug-likeness (QED) is 0.132. The number of benzene rings is 8. The highest BCUT2D eigenvalue weighted by molar-refractivity contribution is 5.94. The van der Waals surface area contributed by atoms with Gasteiger partial charge in [0.05, 0.1) is 11.1 Å². The van der Waals surface area contributed by atoms with Gasteiger partial charge in [-0.3, -0.25) is 0 Å². The van der Waals surface area contributed by atoms with Crippen molar-refractivity contribution in [3.05, 3.63) is 243 Å². The highest BCUT2D eigenvalue weighted by Gasteiger charge is 2.46. The van der Waals surface area contributed by atoms with Crippen LogP contribution in [0.5, 0.6) is 0 Å². The van der Waals surface area contributed by atoms with Crippen molar-refractivity contribution in [1.82, 2.24) is 0 Å². The summed E-state index contributed by atoms with van der Waals surface area (Å²) in [6.45, 7) is 13.8. The zero-order valence-corrected chi connectivity index (χ0v) is 36.3. The molecule has 2 aliphatic carbocycles. The number of nitrogens with zero attached hydrogens (tertiary/aromatic N) is 1. The molecule has 1 heteroatoms. The van der Waals surface area contributed by atoms with Crippen molar-refractivity contribution in [3.8, 4) is 22.3 Å². The molecule has 0 N–H and O–H groups in total. The molecule has 10 rings (SSSR count). The lowest BCUT2D eigenvalue weighted by atomic mass is 9.67. The van der Waals surface area contributed by atoms with Crippen LogP contribution in [0.4, 0.5) is 17.1 Å². The molecule has 0 radical (unpaired) electrons. The van der Waals surface area contributed by atoms with Crippen LogP contribution in [0.3, 0.4) is 0 Å². The van der Waals surface area contributed by atoms with Gasteiger partial charge in [-0.15, -0.1) is 0 Å². The summed E-state index contributed by atoms with van der Waals surface area (Å²) in [5.74, 6) is 0. The van der Waals surface area contributed by atoms with Crippen LogP contribution in [0.15, 0.2) is 176 Å². The molecule has 8 aromatic rings. The van der Waals surface area contributed by atoms with Crippen molar-refractivity contribution in [1.29, 1.82) is 0 Å². The lowest BCUT2D eigenvalue weighted by Gasteiger charge is -2.33. The van der Waals surface area contributed by atoms with Gasteiger partial charge in [0.2, 0.25) is 0 Å². The van der Waals surface area contributed by atoms with E-state index in [-0.39, 0.29) is 5.41 Å². The van der Waals surface area contributed by atoms with Crippen molar-refractivity contribution >= 4 is 29.2 Å². The fourth-order valence-electron chi connectivity index (χ4n) is 11.1. The fraction of sp³-hybridized carbons (Fsp3) is 0.167. The Hall–Kier alpha value is -6.70. The summed E-state index contributed by atoms with van der Waals surface area (Å²) in [5, 5.41) is 0. The monoisotopic (exact) mass is 787 g/mol. The number of hydrogen-bond acceptors (Lipinski definition) is 1. The molecule has 0 spiro atoms. The van der Waals surface area contributed by atoms with E-state index in [0.717, 1.165) is 12.8 Å². The molecular weight excluding hydrogens is 735 g/mol. The summed E-state index contributed by atoms with van der Waals surface area (Å²) in [4.78, 5) is 2.50. The summed E-state index contributed by atoms with van der Waals surface area (Å²) in [5.41, 5.74) is 24.4. The molecule has 298 valence electrons. The first-order valence-electron chi connectivity index (χ1n) is 22.1. The van der Waals surface area contributed by atoms with Gasteiger partial charge >= 0.3 is 0 Å². The van der Waals surface area contributed by atoms with Gasteiger partial charge in [-0.2, -0.15) is 0 Å². The highest BCUT2D eigenvalue weighted by atomic mass is 15.1. The topological polar surface area (TPSA) is 3.24 Å². The summed E-state index contributed by atoms with van der Waals surface area (Å²) < 4.78 is 0. The number of para-hydroxylation sites is 1. The van der Waals surface area contributed by atoms with E-state index in [0.29, 0.717) is 0 Å². The van der Waals surface area contributed by atoms with Crippen LogP contribution in [0.2, 0.25) is 0 Å². The Morgan fingerprint density at radius 1 is 0.443 bits per heavy atom. The average Bonchev–Trinajstić information content (AvgIpc) is 3.77. The second-order valence-corrected chi connectivity index (χ2v) is 17.2. The van der Waals surface area contributed by atoms with Crippen LogP contribution < -0.4 is 4.90 Å². The van der Waals surface area contributed by atoms with Gasteiger partial charge in [-0.05, 0) is 154 Å². The Kier molecular flexibility index (Phi) is 9.52. The predicted octanol–water partition coefficient (Wildman–Crippen LogP) is 16.0. The summed E-state index contributed by atoms with van der Waals surface area (Å²) in [6, 6.07) is 65.8. The smallest absolute Gasteiger partial charge is 0.0713 e. The molecule has 0 aliphatic heterocycles. The third-order valence-corrected chi connectivity index (χ3v) is 14.4. The number of hydrogen-bond donors (Lipinski definition) is 0. The van der Waals surface area contributed by atoms with Gasteiger partial charge in [0.15, 0.2) is 0 Å². The van der Waals surface area contributed by atoms with Crippen LogP contribution in [-0.4, -0.2) is 0 Å². The summed E-state index contributed by atoms with van der Waals surface area (Å²) in [7, 11) is 0. The summed E-state index contributed by atoms with van der Waals surface area (Å²) in [6.07, 6.45) is 6.75. The molecule has 61 heavy (non-hydrogen) atoms. The van der Waals surface area contributed by atoms with E-state index < -0.39 is 5.41 Å². The first kappa shape index (κ1) is 38.5. The minimum atomic E-state index is -0.413. The number of anilines is 3. The SMILES string of the molecule is CCC1(CC)c2cc(/C=C/c3cccc4c3-c3ccccc3C4(c3ccccc3)c3ccccc3)ccc2-c2ccc(N(c3ccccc3)c3c(C)c(C)cc(C)c3C)cc21. The Balaban J connectivity index is 1.08. The van der Waals surface area contributed by atoms with Crippen LogP contribution in [0.25, 0.3) is 34.4 Å². The van der Waals surface area contributed by atoms with E-state index in [9.17, 15) is 0 Å². The lowest BCUT2D eigenvalue weighted by Crippen LogP contribution is -2.28. The molecule has 0 aromatic heterocycles. The average molecular weight is 788 g/mol. The van der Waals surface area contributed by atoms with Crippen molar-refractivity contribution in [3.63, 3.8) is 0 Å². The Morgan fingerprint density at radius 2 is 1.00 bits per heavy atom. The van der Waals surface area contributed by atoms with E-state index in [4.69, 9.17) is 0 Å². The Labute approximate surface area is 362 Å². The van der Waals surface area contributed by atoms with Crippen LogP contribution in [0.1, 0.15) is 93.5 Å². The number of rotatable bonds is 9. The van der Waals surface area contributed by atoms with Crippen molar-refractivity contribution in [2.24, 2.45) is 0 Å². The minimum Gasteiger partial charge on any atom is -0.310 e. The van der Waals surface area contributed by atoms with E-state index >= 15 is 0 Å². The molecule has 2 aliphatic rings. The fourth-order valence-corrected chi connectivity index (χ4v) is 11.1. The lowest BCUT2D eigenvalue weighted by molar-refractivity contribution is 0.490. The molecule has 0 bridgehead atoms. The largest absolute Gasteiger partial charge is 0.310 e. The Morgan fingerprint density at radius 3 is 1.64 bits per heavy atom.